The summed E-state index contributed by atoms with van der Waals surface area (Å²) in [4.78, 5) is 31.0. The molecule has 8 nitrogen and oxygen atoms in total. The Hall–Kier alpha value is -2.49. The number of piperidine rings is 1. The van der Waals surface area contributed by atoms with Crippen molar-refractivity contribution >= 4 is 39.3 Å². The fourth-order valence-corrected chi connectivity index (χ4v) is 5.77. The molecule has 1 aromatic carbocycles. The third-order valence-corrected chi connectivity index (χ3v) is 7.69. The van der Waals surface area contributed by atoms with Crippen molar-refractivity contribution in [2.24, 2.45) is 5.92 Å². The highest BCUT2D eigenvalue weighted by atomic mass is 35.5. The number of amides is 2. The molecule has 0 aliphatic carbocycles. The van der Waals surface area contributed by atoms with E-state index in [4.69, 9.17) is 11.6 Å². The fraction of sp³-hybridized carbons (Fsp3) is 0.435. The number of carbonyl (C=O) groups is 2. The van der Waals surface area contributed by atoms with E-state index < -0.39 is 10.0 Å². The van der Waals surface area contributed by atoms with Crippen molar-refractivity contribution in [2.75, 3.05) is 25.0 Å². The summed E-state index contributed by atoms with van der Waals surface area (Å²) in [6.45, 7) is 6.38. The van der Waals surface area contributed by atoms with Gasteiger partial charge in [0.25, 0.3) is 0 Å². The predicted molar refractivity (Wildman–Crippen MR) is 128 cm³/mol. The number of hydrogen-bond acceptors (Lipinski definition) is 5. The molecule has 0 unspecified atom stereocenters. The lowest BCUT2D eigenvalue weighted by Crippen LogP contribution is -2.42. The average Bonchev–Trinajstić information content (AvgIpc) is 2.74. The van der Waals surface area contributed by atoms with Gasteiger partial charge >= 0.3 is 0 Å². The van der Waals surface area contributed by atoms with Crippen LogP contribution in [0.1, 0.15) is 36.0 Å². The largest absolute Gasteiger partial charge is 0.343 e. The summed E-state index contributed by atoms with van der Waals surface area (Å²) in [5, 5.41) is 3.26. The Morgan fingerprint density at radius 2 is 1.76 bits per heavy atom. The topological polar surface area (TPSA) is 108 Å². The number of sulfonamides is 1. The molecule has 10 heteroatoms. The van der Waals surface area contributed by atoms with E-state index in [0.29, 0.717) is 47.9 Å². The van der Waals surface area contributed by atoms with Crippen LogP contribution in [0.2, 0.25) is 5.02 Å². The summed E-state index contributed by atoms with van der Waals surface area (Å²) in [7, 11) is -3.71. The summed E-state index contributed by atoms with van der Waals surface area (Å²) in [6.07, 6.45) is 2.61. The second-order valence-corrected chi connectivity index (χ2v) is 10.5. The zero-order valence-electron chi connectivity index (χ0n) is 19.0. The fourth-order valence-electron chi connectivity index (χ4n) is 4.18. The summed E-state index contributed by atoms with van der Waals surface area (Å²) < 4.78 is 28.0. The van der Waals surface area contributed by atoms with Gasteiger partial charge in [-0.15, -0.1) is 0 Å². The molecule has 33 heavy (non-hydrogen) atoms. The lowest BCUT2D eigenvalue weighted by atomic mass is 9.95. The van der Waals surface area contributed by atoms with Gasteiger partial charge in [0.2, 0.25) is 21.8 Å². The molecule has 1 saturated heterocycles. The molecule has 3 rings (SSSR count). The summed E-state index contributed by atoms with van der Waals surface area (Å²) in [5.41, 5.74) is 2.36. The van der Waals surface area contributed by atoms with Gasteiger partial charge < -0.3 is 10.2 Å². The maximum Gasteiger partial charge on any atom is 0.241 e. The van der Waals surface area contributed by atoms with Crippen LogP contribution in [-0.4, -0.2) is 49.8 Å². The van der Waals surface area contributed by atoms with Crippen LogP contribution in [0.25, 0.3) is 0 Å². The Labute approximate surface area is 199 Å². The molecule has 1 fully saturated rings. The third kappa shape index (κ3) is 6.52. The van der Waals surface area contributed by atoms with Crippen LogP contribution in [0.3, 0.4) is 0 Å². The number of anilines is 1. The lowest BCUT2D eigenvalue weighted by molar-refractivity contribution is -0.134. The molecule has 0 spiro atoms. The van der Waals surface area contributed by atoms with Crippen LogP contribution < -0.4 is 10.0 Å². The van der Waals surface area contributed by atoms with Gasteiger partial charge in [-0.25, -0.2) is 18.1 Å². The molecule has 0 bridgehead atoms. The summed E-state index contributed by atoms with van der Waals surface area (Å²) >= 11 is 5.80. The molecule has 0 atom stereocenters. The molecule has 2 heterocycles. The number of likely N-dealkylation sites (tertiary alicyclic amines) is 1. The monoisotopic (exact) mass is 492 g/mol. The van der Waals surface area contributed by atoms with Gasteiger partial charge in [-0.3, -0.25) is 9.59 Å². The first-order valence-corrected chi connectivity index (χ1v) is 12.7. The van der Waals surface area contributed by atoms with E-state index in [-0.39, 0.29) is 35.6 Å². The molecule has 1 aliphatic rings. The Kier molecular flexibility index (Phi) is 8.10. The SMILES string of the molecule is Cc1cc(C)c(S(=O)(=O)NCCC(=O)N2CCC(C(=O)Nc3ccc(Cl)cn3)CC2)c(C)c1. The van der Waals surface area contributed by atoms with Gasteiger partial charge in [-0.1, -0.05) is 29.3 Å². The highest BCUT2D eigenvalue weighted by molar-refractivity contribution is 7.89. The van der Waals surface area contributed by atoms with Gasteiger partial charge in [0.15, 0.2) is 0 Å². The standard InChI is InChI=1S/C23H29ClN4O4S/c1-15-12-16(2)22(17(3)13-15)33(31,32)26-9-6-21(29)28-10-7-18(8-11-28)23(30)27-20-5-4-19(24)14-25-20/h4-5,12-14,18,26H,6-11H2,1-3H3,(H,25,27,30). The van der Waals surface area contributed by atoms with Crippen molar-refractivity contribution in [3.63, 3.8) is 0 Å². The summed E-state index contributed by atoms with van der Waals surface area (Å²) in [5.74, 6) is -0.0337. The van der Waals surface area contributed by atoms with Gasteiger partial charge in [-0.05, 0) is 56.9 Å². The molecule has 2 aromatic rings. The van der Waals surface area contributed by atoms with E-state index in [2.05, 4.69) is 15.0 Å². The van der Waals surface area contributed by atoms with Crippen LogP contribution in [0.5, 0.6) is 0 Å². The number of hydrogen-bond donors (Lipinski definition) is 2. The van der Waals surface area contributed by atoms with E-state index in [1.807, 2.05) is 19.1 Å². The molecular weight excluding hydrogens is 464 g/mol. The van der Waals surface area contributed by atoms with Crippen LogP contribution in [0.4, 0.5) is 5.82 Å². The minimum Gasteiger partial charge on any atom is -0.343 e. The number of carbonyl (C=O) groups excluding carboxylic acids is 2. The Morgan fingerprint density at radius 3 is 2.33 bits per heavy atom. The first-order chi connectivity index (χ1) is 15.6. The minimum atomic E-state index is -3.71. The molecule has 1 aliphatic heterocycles. The molecule has 178 valence electrons. The average molecular weight is 493 g/mol. The minimum absolute atomic E-state index is 0.0244. The van der Waals surface area contributed by atoms with Crippen molar-refractivity contribution in [3.8, 4) is 0 Å². The maximum absolute atomic E-state index is 12.7. The smallest absolute Gasteiger partial charge is 0.241 e. The van der Waals surface area contributed by atoms with E-state index in [1.165, 1.54) is 6.20 Å². The molecular formula is C23H29ClN4O4S. The number of aryl methyl sites for hydroxylation is 3. The number of nitrogens with one attached hydrogen (secondary N) is 2. The van der Waals surface area contributed by atoms with Crippen molar-refractivity contribution in [1.82, 2.24) is 14.6 Å². The molecule has 2 amide bonds. The molecule has 0 saturated carbocycles. The molecule has 0 radical (unpaired) electrons. The van der Waals surface area contributed by atoms with Crippen molar-refractivity contribution in [2.45, 2.75) is 44.9 Å². The van der Waals surface area contributed by atoms with Crippen LogP contribution in [0, 0.1) is 26.7 Å². The zero-order valence-corrected chi connectivity index (χ0v) is 20.6. The van der Waals surface area contributed by atoms with Crippen molar-refractivity contribution < 1.29 is 18.0 Å². The van der Waals surface area contributed by atoms with E-state index in [0.717, 1.165) is 5.56 Å². The quantitative estimate of drug-likeness (QED) is 0.617. The Bertz CT molecular complexity index is 1100. The normalized spacial score (nSPS) is 14.8. The second kappa shape index (κ2) is 10.6. The third-order valence-electron chi connectivity index (χ3n) is 5.70. The van der Waals surface area contributed by atoms with Crippen LogP contribution >= 0.6 is 11.6 Å². The van der Waals surface area contributed by atoms with Crippen molar-refractivity contribution in [3.05, 3.63) is 52.2 Å². The number of benzene rings is 1. The van der Waals surface area contributed by atoms with Gasteiger partial charge in [0.05, 0.1) is 9.92 Å². The Morgan fingerprint density at radius 1 is 1.12 bits per heavy atom. The van der Waals surface area contributed by atoms with Crippen LogP contribution in [-0.2, 0) is 19.6 Å². The molecule has 1 aromatic heterocycles. The van der Waals surface area contributed by atoms with Gasteiger partial charge in [0, 0.05) is 38.2 Å². The van der Waals surface area contributed by atoms with E-state index >= 15 is 0 Å². The number of nitrogens with zero attached hydrogens (tertiary/aromatic N) is 2. The number of pyridine rings is 1. The van der Waals surface area contributed by atoms with Gasteiger partial charge in [-0.2, -0.15) is 0 Å². The van der Waals surface area contributed by atoms with E-state index in [9.17, 15) is 18.0 Å². The predicted octanol–water partition coefficient (Wildman–Crippen LogP) is 3.21. The Balaban J connectivity index is 1.46. The van der Waals surface area contributed by atoms with Crippen LogP contribution in [0.15, 0.2) is 35.4 Å². The molecule has 2 N–H and O–H groups in total. The number of rotatable bonds is 7. The van der Waals surface area contributed by atoms with Gasteiger partial charge in [0.1, 0.15) is 5.82 Å². The highest BCUT2D eigenvalue weighted by Crippen LogP contribution is 2.22. The highest BCUT2D eigenvalue weighted by Gasteiger charge is 2.28. The van der Waals surface area contributed by atoms with E-state index in [1.54, 1.807) is 30.9 Å². The van der Waals surface area contributed by atoms with Crippen molar-refractivity contribution in [1.29, 1.82) is 0 Å². The lowest BCUT2D eigenvalue weighted by Gasteiger charge is -2.31. The maximum atomic E-state index is 12.7. The first-order valence-electron chi connectivity index (χ1n) is 10.8. The second-order valence-electron chi connectivity index (χ2n) is 8.38. The summed E-state index contributed by atoms with van der Waals surface area (Å²) in [6, 6.07) is 6.95. The number of aromatic nitrogens is 1. The number of halogens is 1. The zero-order chi connectivity index (χ0) is 24.2. The first kappa shape index (κ1) is 25.1.